The Morgan fingerprint density at radius 1 is 1.12 bits per heavy atom. The Labute approximate surface area is 99.6 Å². The molecule has 0 heterocycles. The Morgan fingerprint density at radius 2 is 1.71 bits per heavy atom. The fourth-order valence-electron chi connectivity index (χ4n) is 1.72. The molecule has 0 aliphatic heterocycles. The van der Waals surface area contributed by atoms with Gasteiger partial charge in [-0.15, -0.1) is 0 Å². The molecule has 0 aliphatic carbocycles. The Bertz CT molecular complexity index is 546. The summed E-state index contributed by atoms with van der Waals surface area (Å²) >= 11 is 0. The van der Waals surface area contributed by atoms with Crippen LogP contribution in [0.2, 0.25) is 0 Å². The lowest BCUT2D eigenvalue weighted by Crippen LogP contribution is -1.98. The predicted molar refractivity (Wildman–Crippen MR) is 65.3 cm³/mol. The molecule has 88 valence electrons. The Kier molecular flexibility index (Phi) is 3.40. The SMILES string of the molecule is CC(=O)OCc1ccc2cc(CO)ccc2c1. The van der Waals surface area contributed by atoms with Crippen molar-refractivity contribution in [1.29, 1.82) is 0 Å². The number of fused-ring (bicyclic) bond motifs is 1. The van der Waals surface area contributed by atoms with Gasteiger partial charge in [-0.2, -0.15) is 0 Å². The number of aliphatic hydroxyl groups excluding tert-OH is 1. The topological polar surface area (TPSA) is 46.5 Å². The van der Waals surface area contributed by atoms with E-state index in [1.807, 2.05) is 36.4 Å². The average molecular weight is 230 g/mol. The minimum absolute atomic E-state index is 0.0468. The van der Waals surface area contributed by atoms with Crippen LogP contribution in [0.25, 0.3) is 10.8 Å². The predicted octanol–water partition coefficient (Wildman–Crippen LogP) is 2.40. The summed E-state index contributed by atoms with van der Waals surface area (Å²) in [6.07, 6.45) is 0. The van der Waals surface area contributed by atoms with Gasteiger partial charge in [0.15, 0.2) is 0 Å². The number of rotatable bonds is 3. The standard InChI is InChI=1S/C14H14O3/c1-10(16)17-9-12-3-5-13-6-11(8-15)2-4-14(13)7-12/h2-7,15H,8-9H2,1H3. The number of ether oxygens (including phenoxy) is 1. The summed E-state index contributed by atoms with van der Waals surface area (Å²) in [5.41, 5.74) is 1.86. The molecular weight excluding hydrogens is 216 g/mol. The van der Waals surface area contributed by atoms with Crippen molar-refractivity contribution in [2.45, 2.75) is 20.1 Å². The molecule has 0 aliphatic rings. The van der Waals surface area contributed by atoms with Crippen molar-refractivity contribution in [2.75, 3.05) is 0 Å². The van der Waals surface area contributed by atoms with Gasteiger partial charge in [0, 0.05) is 6.92 Å². The summed E-state index contributed by atoms with van der Waals surface area (Å²) in [4.78, 5) is 10.7. The van der Waals surface area contributed by atoms with Crippen LogP contribution in [0.5, 0.6) is 0 Å². The van der Waals surface area contributed by atoms with Crippen molar-refractivity contribution < 1.29 is 14.6 Å². The zero-order valence-corrected chi connectivity index (χ0v) is 9.64. The molecule has 0 aromatic heterocycles. The Hall–Kier alpha value is -1.87. The summed E-state index contributed by atoms with van der Waals surface area (Å²) < 4.78 is 4.94. The van der Waals surface area contributed by atoms with Crippen LogP contribution in [0.15, 0.2) is 36.4 Å². The second-order valence-electron chi connectivity index (χ2n) is 3.95. The van der Waals surface area contributed by atoms with Crippen LogP contribution >= 0.6 is 0 Å². The van der Waals surface area contributed by atoms with Gasteiger partial charge in [-0.3, -0.25) is 4.79 Å². The molecule has 0 atom stereocenters. The number of hydrogen-bond acceptors (Lipinski definition) is 3. The average Bonchev–Trinajstić information content (AvgIpc) is 2.35. The number of esters is 1. The number of aliphatic hydroxyl groups is 1. The molecule has 1 N–H and O–H groups in total. The summed E-state index contributed by atoms with van der Waals surface area (Å²) in [5, 5.41) is 11.2. The molecule has 0 bridgehead atoms. The lowest BCUT2D eigenvalue weighted by Gasteiger charge is -2.05. The van der Waals surface area contributed by atoms with Crippen LogP contribution in [0.1, 0.15) is 18.1 Å². The monoisotopic (exact) mass is 230 g/mol. The molecule has 0 saturated carbocycles. The van der Waals surface area contributed by atoms with Crippen molar-refractivity contribution in [3.05, 3.63) is 47.5 Å². The zero-order chi connectivity index (χ0) is 12.3. The second kappa shape index (κ2) is 4.97. The highest BCUT2D eigenvalue weighted by Gasteiger charge is 2.00. The lowest BCUT2D eigenvalue weighted by atomic mass is 10.0. The number of benzene rings is 2. The van der Waals surface area contributed by atoms with Gasteiger partial charge in [-0.1, -0.05) is 24.3 Å². The molecule has 2 aromatic rings. The van der Waals surface area contributed by atoms with Crippen LogP contribution in [0, 0.1) is 0 Å². The second-order valence-corrected chi connectivity index (χ2v) is 3.95. The molecule has 0 saturated heterocycles. The largest absolute Gasteiger partial charge is 0.461 e. The quantitative estimate of drug-likeness (QED) is 0.823. The lowest BCUT2D eigenvalue weighted by molar-refractivity contribution is -0.142. The van der Waals surface area contributed by atoms with Gasteiger partial charge in [0.05, 0.1) is 6.61 Å². The third kappa shape index (κ3) is 2.82. The van der Waals surface area contributed by atoms with E-state index in [0.717, 1.165) is 21.9 Å². The fourth-order valence-corrected chi connectivity index (χ4v) is 1.72. The maximum Gasteiger partial charge on any atom is 0.302 e. The van der Waals surface area contributed by atoms with Gasteiger partial charge >= 0.3 is 5.97 Å². The van der Waals surface area contributed by atoms with Crippen molar-refractivity contribution in [1.82, 2.24) is 0 Å². The molecule has 0 unspecified atom stereocenters. The number of carbonyl (C=O) groups is 1. The van der Waals surface area contributed by atoms with E-state index in [2.05, 4.69) is 0 Å². The highest BCUT2D eigenvalue weighted by atomic mass is 16.5. The van der Waals surface area contributed by atoms with Gasteiger partial charge in [-0.25, -0.2) is 0 Å². The molecule has 3 nitrogen and oxygen atoms in total. The number of hydrogen-bond donors (Lipinski definition) is 1. The smallest absolute Gasteiger partial charge is 0.302 e. The van der Waals surface area contributed by atoms with Crippen LogP contribution in [-0.4, -0.2) is 11.1 Å². The van der Waals surface area contributed by atoms with Crippen molar-refractivity contribution in [2.24, 2.45) is 0 Å². The van der Waals surface area contributed by atoms with Crippen LogP contribution < -0.4 is 0 Å². The van der Waals surface area contributed by atoms with E-state index in [4.69, 9.17) is 9.84 Å². The Morgan fingerprint density at radius 3 is 2.29 bits per heavy atom. The molecule has 0 spiro atoms. The normalized spacial score (nSPS) is 10.5. The van der Waals surface area contributed by atoms with Gasteiger partial charge in [0.1, 0.15) is 6.61 Å². The molecule has 3 heteroatoms. The van der Waals surface area contributed by atoms with Gasteiger partial charge in [0.2, 0.25) is 0 Å². The van der Waals surface area contributed by atoms with Crippen LogP contribution in [-0.2, 0) is 22.7 Å². The molecule has 0 fully saturated rings. The summed E-state index contributed by atoms with van der Waals surface area (Å²) in [6, 6.07) is 11.7. The van der Waals surface area contributed by atoms with E-state index in [9.17, 15) is 4.79 Å². The minimum Gasteiger partial charge on any atom is -0.461 e. The van der Waals surface area contributed by atoms with E-state index in [-0.39, 0.29) is 12.6 Å². The maximum absolute atomic E-state index is 10.7. The molecule has 2 aromatic carbocycles. The summed E-state index contributed by atoms with van der Waals surface area (Å²) in [5.74, 6) is -0.277. The van der Waals surface area contributed by atoms with Gasteiger partial charge < -0.3 is 9.84 Å². The zero-order valence-electron chi connectivity index (χ0n) is 9.64. The van der Waals surface area contributed by atoms with Crippen molar-refractivity contribution >= 4 is 16.7 Å². The van der Waals surface area contributed by atoms with Crippen molar-refractivity contribution in [3.8, 4) is 0 Å². The number of carbonyl (C=O) groups excluding carboxylic acids is 1. The molecule has 0 amide bonds. The summed E-state index contributed by atoms with van der Waals surface area (Å²) in [7, 11) is 0. The van der Waals surface area contributed by atoms with Gasteiger partial charge in [-0.05, 0) is 34.0 Å². The van der Waals surface area contributed by atoms with Gasteiger partial charge in [0.25, 0.3) is 0 Å². The fraction of sp³-hybridized carbons (Fsp3) is 0.214. The van der Waals surface area contributed by atoms with Crippen molar-refractivity contribution in [3.63, 3.8) is 0 Å². The van der Waals surface area contributed by atoms with E-state index < -0.39 is 0 Å². The highest BCUT2D eigenvalue weighted by molar-refractivity contribution is 5.83. The van der Waals surface area contributed by atoms with E-state index in [0.29, 0.717) is 6.61 Å². The summed E-state index contributed by atoms with van der Waals surface area (Å²) in [6.45, 7) is 1.74. The van der Waals surface area contributed by atoms with Crippen LogP contribution in [0.4, 0.5) is 0 Å². The molecule has 0 radical (unpaired) electrons. The first-order valence-electron chi connectivity index (χ1n) is 5.45. The first-order valence-corrected chi connectivity index (χ1v) is 5.45. The molecule has 2 rings (SSSR count). The van der Waals surface area contributed by atoms with E-state index in [1.165, 1.54) is 6.92 Å². The third-order valence-corrected chi connectivity index (χ3v) is 2.59. The first-order chi connectivity index (χ1) is 8.19. The molecule has 17 heavy (non-hydrogen) atoms. The third-order valence-electron chi connectivity index (χ3n) is 2.59. The van der Waals surface area contributed by atoms with Crippen LogP contribution in [0.3, 0.4) is 0 Å². The molecular formula is C14H14O3. The maximum atomic E-state index is 10.7. The minimum atomic E-state index is -0.277. The Balaban J connectivity index is 2.28. The van der Waals surface area contributed by atoms with E-state index >= 15 is 0 Å². The highest BCUT2D eigenvalue weighted by Crippen LogP contribution is 2.18. The first kappa shape index (κ1) is 11.6. The van der Waals surface area contributed by atoms with E-state index in [1.54, 1.807) is 0 Å².